The van der Waals surface area contributed by atoms with E-state index in [1.165, 1.54) is 37.0 Å². The largest absolute Gasteiger partial charge is 0.357 e. The molecule has 0 spiro atoms. The molecule has 5 heteroatoms. The van der Waals surface area contributed by atoms with Gasteiger partial charge in [-0.25, -0.2) is 0 Å². The minimum Gasteiger partial charge on any atom is -0.357 e. The number of hydrogen-bond donors (Lipinski definition) is 2. The van der Waals surface area contributed by atoms with Crippen molar-refractivity contribution >= 4 is 17.7 Å². The summed E-state index contributed by atoms with van der Waals surface area (Å²) >= 11 is 1.92. The van der Waals surface area contributed by atoms with Crippen LogP contribution in [0.4, 0.5) is 0 Å². The van der Waals surface area contributed by atoms with Crippen molar-refractivity contribution in [3.8, 4) is 0 Å². The summed E-state index contributed by atoms with van der Waals surface area (Å²) in [6.07, 6.45) is 6.96. The molecule has 140 valence electrons. The highest BCUT2D eigenvalue weighted by atomic mass is 32.2. The summed E-state index contributed by atoms with van der Waals surface area (Å²) < 4.78 is 0. The van der Waals surface area contributed by atoms with Gasteiger partial charge >= 0.3 is 0 Å². The third-order valence-corrected chi connectivity index (χ3v) is 5.25. The number of unbranched alkanes of at least 4 members (excludes halogenated alkanes) is 1. The Bertz CT molecular complexity index is 484. The van der Waals surface area contributed by atoms with Crippen molar-refractivity contribution < 1.29 is 0 Å². The molecule has 0 aromatic heterocycles. The molecule has 1 aliphatic rings. The summed E-state index contributed by atoms with van der Waals surface area (Å²) in [5, 5.41) is 7.03. The first-order valence-corrected chi connectivity index (χ1v) is 11.0. The number of rotatable bonds is 9. The van der Waals surface area contributed by atoms with Crippen LogP contribution in [-0.2, 0) is 6.54 Å². The summed E-state index contributed by atoms with van der Waals surface area (Å²) in [6.45, 7) is 7.34. The topological polar surface area (TPSA) is 39.7 Å². The lowest BCUT2D eigenvalue weighted by atomic mass is 10.0. The van der Waals surface area contributed by atoms with Gasteiger partial charge in [0.15, 0.2) is 5.96 Å². The van der Waals surface area contributed by atoms with Crippen LogP contribution in [0.3, 0.4) is 0 Å². The van der Waals surface area contributed by atoms with Gasteiger partial charge in [0.1, 0.15) is 0 Å². The molecule has 0 aliphatic carbocycles. The second kappa shape index (κ2) is 12.2. The fraction of sp³-hybridized carbons (Fsp3) is 0.650. The average Bonchev–Trinajstić information content (AvgIpc) is 2.64. The van der Waals surface area contributed by atoms with Crippen LogP contribution in [0.5, 0.6) is 0 Å². The van der Waals surface area contributed by atoms with Gasteiger partial charge in [0.25, 0.3) is 0 Å². The van der Waals surface area contributed by atoms with E-state index in [1.807, 2.05) is 11.8 Å². The predicted molar refractivity (Wildman–Crippen MR) is 111 cm³/mol. The Hall–Kier alpha value is -1.20. The summed E-state index contributed by atoms with van der Waals surface area (Å²) in [4.78, 5) is 7.29. The molecule has 1 heterocycles. The SMILES string of the molecule is CCNC(=NCCCCSC)NC1CCN(Cc2ccccc2)CC1. The van der Waals surface area contributed by atoms with E-state index in [1.54, 1.807) is 0 Å². The van der Waals surface area contributed by atoms with Crippen LogP contribution >= 0.6 is 11.8 Å². The van der Waals surface area contributed by atoms with Gasteiger partial charge in [0, 0.05) is 38.8 Å². The van der Waals surface area contributed by atoms with Crippen LogP contribution in [-0.4, -0.2) is 55.1 Å². The van der Waals surface area contributed by atoms with Gasteiger partial charge in [-0.1, -0.05) is 30.3 Å². The smallest absolute Gasteiger partial charge is 0.191 e. The maximum absolute atomic E-state index is 4.74. The van der Waals surface area contributed by atoms with Gasteiger partial charge in [0.2, 0.25) is 0 Å². The van der Waals surface area contributed by atoms with Gasteiger partial charge in [0.05, 0.1) is 0 Å². The normalized spacial score (nSPS) is 16.8. The lowest BCUT2D eigenvalue weighted by Gasteiger charge is -2.33. The van der Waals surface area contributed by atoms with E-state index in [9.17, 15) is 0 Å². The second-order valence-electron chi connectivity index (χ2n) is 6.64. The molecular formula is C20H34N4S. The highest BCUT2D eigenvalue weighted by Crippen LogP contribution is 2.13. The Morgan fingerprint density at radius 1 is 1.20 bits per heavy atom. The molecule has 1 aromatic rings. The minimum absolute atomic E-state index is 0.538. The van der Waals surface area contributed by atoms with Crippen molar-refractivity contribution in [2.75, 3.05) is 38.2 Å². The zero-order chi connectivity index (χ0) is 17.7. The Morgan fingerprint density at radius 2 is 1.96 bits per heavy atom. The van der Waals surface area contributed by atoms with Crippen molar-refractivity contribution in [1.82, 2.24) is 15.5 Å². The van der Waals surface area contributed by atoms with Crippen LogP contribution in [0, 0.1) is 0 Å². The fourth-order valence-electron chi connectivity index (χ4n) is 3.14. The second-order valence-corrected chi connectivity index (χ2v) is 7.63. The third-order valence-electron chi connectivity index (χ3n) is 4.55. The van der Waals surface area contributed by atoms with Gasteiger partial charge in [-0.3, -0.25) is 9.89 Å². The molecule has 1 fully saturated rings. The van der Waals surface area contributed by atoms with Crippen molar-refractivity contribution in [1.29, 1.82) is 0 Å². The summed E-state index contributed by atoms with van der Waals surface area (Å²) in [5.41, 5.74) is 1.41. The first-order chi connectivity index (χ1) is 12.3. The zero-order valence-corrected chi connectivity index (χ0v) is 16.7. The average molecular weight is 363 g/mol. The van der Waals surface area contributed by atoms with E-state index >= 15 is 0 Å². The maximum Gasteiger partial charge on any atom is 0.191 e. The number of hydrogen-bond acceptors (Lipinski definition) is 3. The Kier molecular flexibility index (Phi) is 9.82. The van der Waals surface area contributed by atoms with Crippen LogP contribution in [0.25, 0.3) is 0 Å². The predicted octanol–water partition coefficient (Wildman–Crippen LogP) is 3.35. The summed E-state index contributed by atoms with van der Waals surface area (Å²) in [5.74, 6) is 2.23. The standard InChI is InChI=1S/C20H34N4S/c1-3-21-20(22-13-7-8-16-25-2)23-19-11-14-24(15-12-19)17-18-9-5-4-6-10-18/h4-6,9-10,19H,3,7-8,11-17H2,1-2H3,(H2,21,22,23). The number of aliphatic imine (C=N–C) groups is 1. The van der Waals surface area contributed by atoms with Gasteiger partial charge in [-0.15, -0.1) is 0 Å². The molecule has 1 aliphatic heterocycles. The van der Waals surface area contributed by atoms with E-state index < -0.39 is 0 Å². The molecule has 0 bridgehead atoms. The van der Waals surface area contributed by atoms with Crippen molar-refractivity contribution in [3.63, 3.8) is 0 Å². The van der Waals surface area contributed by atoms with Gasteiger partial charge in [-0.2, -0.15) is 11.8 Å². The van der Waals surface area contributed by atoms with Crippen molar-refractivity contribution in [3.05, 3.63) is 35.9 Å². The van der Waals surface area contributed by atoms with Gasteiger partial charge < -0.3 is 10.6 Å². The maximum atomic E-state index is 4.74. The van der Waals surface area contributed by atoms with Crippen LogP contribution in [0.2, 0.25) is 0 Å². The minimum atomic E-state index is 0.538. The molecule has 0 amide bonds. The first kappa shape index (κ1) is 20.1. The summed E-state index contributed by atoms with van der Waals surface area (Å²) in [6, 6.07) is 11.3. The van der Waals surface area contributed by atoms with E-state index in [-0.39, 0.29) is 0 Å². The fourth-order valence-corrected chi connectivity index (χ4v) is 3.63. The van der Waals surface area contributed by atoms with E-state index in [4.69, 9.17) is 4.99 Å². The highest BCUT2D eigenvalue weighted by molar-refractivity contribution is 7.98. The number of nitrogens with zero attached hydrogens (tertiary/aromatic N) is 2. The highest BCUT2D eigenvalue weighted by Gasteiger charge is 2.19. The Balaban J connectivity index is 1.71. The Morgan fingerprint density at radius 3 is 2.64 bits per heavy atom. The van der Waals surface area contributed by atoms with Crippen molar-refractivity contribution in [2.24, 2.45) is 4.99 Å². The van der Waals surface area contributed by atoms with E-state index in [2.05, 4.69) is 59.0 Å². The Labute approximate surface area is 157 Å². The number of thioether (sulfide) groups is 1. The van der Waals surface area contributed by atoms with Crippen LogP contribution in [0.1, 0.15) is 38.2 Å². The third kappa shape index (κ3) is 8.15. The molecule has 0 atom stereocenters. The zero-order valence-electron chi connectivity index (χ0n) is 15.8. The number of piperidine rings is 1. The quantitative estimate of drug-likeness (QED) is 0.401. The van der Waals surface area contributed by atoms with Crippen LogP contribution < -0.4 is 10.6 Å². The lowest BCUT2D eigenvalue weighted by Crippen LogP contribution is -2.48. The molecule has 2 N–H and O–H groups in total. The molecule has 1 saturated heterocycles. The monoisotopic (exact) mass is 362 g/mol. The number of benzene rings is 1. The molecular weight excluding hydrogens is 328 g/mol. The number of likely N-dealkylation sites (tertiary alicyclic amines) is 1. The molecule has 4 nitrogen and oxygen atoms in total. The van der Waals surface area contributed by atoms with Gasteiger partial charge in [-0.05, 0) is 50.2 Å². The van der Waals surface area contributed by atoms with E-state index in [0.717, 1.165) is 38.7 Å². The molecule has 2 rings (SSSR count). The molecule has 0 unspecified atom stereocenters. The van der Waals surface area contributed by atoms with Crippen LogP contribution in [0.15, 0.2) is 35.3 Å². The first-order valence-electron chi connectivity index (χ1n) is 9.62. The lowest BCUT2D eigenvalue weighted by molar-refractivity contribution is 0.198. The molecule has 0 saturated carbocycles. The van der Waals surface area contributed by atoms with Crippen molar-refractivity contribution in [2.45, 2.75) is 45.2 Å². The van der Waals surface area contributed by atoms with E-state index in [0.29, 0.717) is 6.04 Å². The summed E-state index contributed by atoms with van der Waals surface area (Å²) in [7, 11) is 0. The molecule has 25 heavy (non-hydrogen) atoms. The number of guanidine groups is 1. The molecule has 1 aromatic carbocycles. The number of nitrogens with one attached hydrogen (secondary N) is 2. The molecule has 0 radical (unpaired) electrons.